The van der Waals surface area contributed by atoms with Gasteiger partial charge in [0.1, 0.15) is 5.00 Å². The van der Waals surface area contributed by atoms with Crippen molar-refractivity contribution in [2.75, 3.05) is 25.2 Å². The zero-order valence-corrected chi connectivity index (χ0v) is 18.7. The highest BCUT2D eigenvalue weighted by atomic mass is 32.1. The Labute approximate surface area is 190 Å². The minimum absolute atomic E-state index is 0.0196. The molecule has 0 spiro atoms. The highest BCUT2D eigenvalue weighted by molar-refractivity contribution is 7.20. The fourth-order valence-electron chi connectivity index (χ4n) is 4.26. The number of fused-ring (bicyclic) bond motifs is 1. The van der Waals surface area contributed by atoms with Crippen LogP contribution in [0.25, 0.3) is 10.4 Å². The summed E-state index contributed by atoms with van der Waals surface area (Å²) in [6, 6.07) is 15.2. The Hall–Kier alpha value is -3.32. The molecular formula is C25H24N2O4S. The predicted octanol–water partition coefficient (Wildman–Crippen LogP) is 5.33. The van der Waals surface area contributed by atoms with E-state index in [-0.39, 0.29) is 18.6 Å². The summed E-state index contributed by atoms with van der Waals surface area (Å²) < 4.78 is 10.9. The summed E-state index contributed by atoms with van der Waals surface area (Å²) in [6.45, 7) is 3.55. The number of rotatable bonds is 4. The lowest BCUT2D eigenvalue weighted by Crippen LogP contribution is -2.36. The molecule has 1 aromatic heterocycles. The molecule has 2 amide bonds. The molecule has 1 fully saturated rings. The summed E-state index contributed by atoms with van der Waals surface area (Å²) in [6.07, 6.45) is 3.16. The molecule has 7 heteroatoms. The first-order valence-electron chi connectivity index (χ1n) is 10.8. The van der Waals surface area contributed by atoms with Crippen LogP contribution in [-0.4, -0.2) is 36.6 Å². The number of ether oxygens (including phenoxy) is 2. The number of nitrogens with zero attached hydrogens (tertiary/aromatic N) is 1. The summed E-state index contributed by atoms with van der Waals surface area (Å²) in [7, 11) is 0. The molecule has 0 atom stereocenters. The maximum absolute atomic E-state index is 13.5. The van der Waals surface area contributed by atoms with E-state index in [2.05, 4.69) is 5.32 Å². The molecule has 164 valence electrons. The molecule has 3 aromatic rings. The normalized spacial score (nSPS) is 15.0. The van der Waals surface area contributed by atoms with Crippen LogP contribution in [0.2, 0.25) is 0 Å². The Kier molecular flexibility index (Phi) is 5.57. The second kappa shape index (κ2) is 8.67. The lowest BCUT2D eigenvalue weighted by atomic mass is 10.0. The maximum Gasteiger partial charge on any atom is 0.260 e. The van der Waals surface area contributed by atoms with Gasteiger partial charge >= 0.3 is 0 Å². The molecule has 0 radical (unpaired) electrons. The van der Waals surface area contributed by atoms with Gasteiger partial charge in [0, 0.05) is 18.0 Å². The Morgan fingerprint density at radius 2 is 1.75 bits per heavy atom. The molecule has 1 N–H and O–H groups in total. The molecule has 1 saturated heterocycles. The van der Waals surface area contributed by atoms with E-state index in [1.54, 1.807) is 18.2 Å². The Morgan fingerprint density at radius 1 is 0.969 bits per heavy atom. The first-order chi connectivity index (χ1) is 15.6. The van der Waals surface area contributed by atoms with Crippen LogP contribution in [-0.2, 0) is 0 Å². The number of para-hydroxylation sites is 1. The number of hydrogen-bond donors (Lipinski definition) is 1. The molecule has 2 aromatic carbocycles. The minimum atomic E-state index is -0.319. The number of likely N-dealkylation sites (tertiary alicyclic amines) is 1. The van der Waals surface area contributed by atoms with E-state index in [4.69, 9.17) is 9.47 Å². The number of carbonyl (C=O) groups is 2. The fraction of sp³-hybridized carbons (Fsp3) is 0.280. The van der Waals surface area contributed by atoms with Crippen LogP contribution in [0.15, 0.2) is 48.5 Å². The monoisotopic (exact) mass is 448 g/mol. The lowest BCUT2D eigenvalue weighted by molar-refractivity contribution is 0.0725. The number of anilines is 1. The summed E-state index contributed by atoms with van der Waals surface area (Å²) in [5, 5.41) is 3.57. The quantitative estimate of drug-likeness (QED) is 0.586. The van der Waals surface area contributed by atoms with Crippen LogP contribution >= 0.6 is 11.3 Å². The van der Waals surface area contributed by atoms with Gasteiger partial charge in [0.05, 0.1) is 11.1 Å². The standard InChI is InChI=1S/C25H24N2O4S/c1-16-20(25(29)27-13-6-3-7-14-27)24(32-22(16)17-9-4-2-5-10-17)26-23(28)18-11-8-12-19-21(18)31-15-30-19/h2,4-5,8-12H,3,6-7,13-15H2,1H3,(H,26,28). The first kappa shape index (κ1) is 20.6. The van der Waals surface area contributed by atoms with Crippen molar-refractivity contribution in [2.45, 2.75) is 26.2 Å². The van der Waals surface area contributed by atoms with E-state index in [9.17, 15) is 9.59 Å². The Morgan fingerprint density at radius 3 is 2.53 bits per heavy atom. The minimum Gasteiger partial charge on any atom is -0.454 e. The van der Waals surface area contributed by atoms with E-state index < -0.39 is 0 Å². The van der Waals surface area contributed by atoms with Crippen LogP contribution in [0.1, 0.15) is 45.5 Å². The van der Waals surface area contributed by atoms with Gasteiger partial charge in [-0.2, -0.15) is 0 Å². The number of piperidine rings is 1. The number of amides is 2. The largest absolute Gasteiger partial charge is 0.454 e. The fourth-order valence-corrected chi connectivity index (χ4v) is 5.46. The van der Waals surface area contributed by atoms with E-state index in [1.807, 2.05) is 42.2 Å². The molecular weight excluding hydrogens is 424 g/mol. The van der Waals surface area contributed by atoms with Gasteiger partial charge in [-0.3, -0.25) is 9.59 Å². The molecule has 0 bridgehead atoms. The average Bonchev–Trinajstić information content (AvgIpc) is 3.44. The van der Waals surface area contributed by atoms with Crippen LogP contribution in [0, 0.1) is 6.92 Å². The number of benzene rings is 2. The molecule has 6 nitrogen and oxygen atoms in total. The van der Waals surface area contributed by atoms with Crippen LogP contribution < -0.4 is 14.8 Å². The van der Waals surface area contributed by atoms with E-state index in [0.717, 1.165) is 48.4 Å². The third-order valence-electron chi connectivity index (χ3n) is 5.91. The van der Waals surface area contributed by atoms with Crippen LogP contribution in [0.5, 0.6) is 11.5 Å². The van der Waals surface area contributed by atoms with E-state index in [0.29, 0.717) is 27.6 Å². The summed E-state index contributed by atoms with van der Waals surface area (Å²) >= 11 is 1.44. The summed E-state index contributed by atoms with van der Waals surface area (Å²) in [5.74, 6) is 0.648. The number of hydrogen-bond acceptors (Lipinski definition) is 5. The van der Waals surface area contributed by atoms with Crippen molar-refractivity contribution in [1.82, 2.24) is 4.90 Å². The van der Waals surface area contributed by atoms with Gasteiger partial charge in [-0.05, 0) is 49.4 Å². The first-order valence-corrected chi connectivity index (χ1v) is 11.6. The highest BCUT2D eigenvalue weighted by Crippen LogP contribution is 2.42. The van der Waals surface area contributed by atoms with Crippen molar-refractivity contribution in [3.8, 4) is 21.9 Å². The molecule has 0 unspecified atom stereocenters. The van der Waals surface area contributed by atoms with Crippen molar-refractivity contribution in [3.05, 3.63) is 65.2 Å². The van der Waals surface area contributed by atoms with E-state index >= 15 is 0 Å². The van der Waals surface area contributed by atoms with Crippen LogP contribution in [0.4, 0.5) is 5.00 Å². The molecule has 0 aliphatic carbocycles. The molecule has 2 aliphatic heterocycles. The number of nitrogens with one attached hydrogen (secondary N) is 1. The third kappa shape index (κ3) is 3.73. The molecule has 0 saturated carbocycles. The van der Waals surface area contributed by atoms with Crippen molar-refractivity contribution < 1.29 is 19.1 Å². The van der Waals surface area contributed by atoms with Gasteiger partial charge < -0.3 is 19.7 Å². The highest BCUT2D eigenvalue weighted by Gasteiger charge is 2.29. The smallest absolute Gasteiger partial charge is 0.260 e. The van der Waals surface area contributed by atoms with Crippen molar-refractivity contribution in [2.24, 2.45) is 0 Å². The van der Waals surface area contributed by atoms with Gasteiger partial charge in [-0.15, -0.1) is 11.3 Å². The molecule has 2 aliphatic rings. The van der Waals surface area contributed by atoms with Gasteiger partial charge in [-0.1, -0.05) is 36.4 Å². The van der Waals surface area contributed by atoms with Gasteiger partial charge in [0.15, 0.2) is 11.5 Å². The Balaban J connectivity index is 1.54. The maximum atomic E-state index is 13.5. The zero-order chi connectivity index (χ0) is 22.1. The number of carbonyl (C=O) groups excluding carboxylic acids is 2. The average molecular weight is 449 g/mol. The zero-order valence-electron chi connectivity index (χ0n) is 17.8. The van der Waals surface area contributed by atoms with Crippen molar-refractivity contribution >= 4 is 28.2 Å². The lowest BCUT2D eigenvalue weighted by Gasteiger charge is -2.27. The molecule has 5 rings (SSSR count). The number of thiophene rings is 1. The van der Waals surface area contributed by atoms with Crippen molar-refractivity contribution in [1.29, 1.82) is 0 Å². The Bertz CT molecular complexity index is 1170. The topological polar surface area (TPSA) is 67.9 Å². The summed E-state index contributed by atoms with van der Waals surface area (Å²) in [4.78, 5) is 29.6. The molecule has 3 heterocycles. The van der Waals surface area contributed by atoms with E-state index in [1.165, 1.54) is 11.3 Å². The van der Waals surface area contributed by atoms with Gasteiger partial charge in [0.2, 0.25) is 6.79 Å². The van der Waals surface area contributed by atoms with Crippen molar-refractivity contribution in [3.63, 3.8) is 0 Å². The van der Waals surface area contributed by atoms with Gasteiger partial charge in [0.25, 0.3) is 11.8 Å². The SMILES string of the molecule is Cc1c(-c2ccccc2)sc(NC(=O)c2cccc3c2OCO3)c1C(=O)N1CCCCC1. The second-order valence-electron chi connectivity index (χ2n) is 7.97. The van der Waals surface area contributed by atoms with Gasteiger partial charge in [-0.25, -0.2) is 0 Å². The summed E-state index contributed by atoms with van der Waals surface area (Å²) in [5.41, 5.74) is 2.89. The predicted molar refractivity (Wildman–Crippen MR) is 125 cm³/mol. The second-order valence-corrected chi connectivity index (χ2v) is 8.99. The van der Waals surface area contributed by atoms with Crippen LogP contribution in [0.3, 0.4) is 0 Å². The third-order valence-corrected chi connectivity index (χ3v) is 7.16. The molecule has 32 heavy (non-hydrogen) atoms.